The molecule has 144 valence electrons. The summed E-state index contributed by atoms with van der Waals surface area (Å²) in [6, 6.07) is 17.1. The molecule has 1 aliphatic heterocycles. The first-order valence-corrected chi connectivity index (χ1v) is 9.03. The third kappa shape index (κ3) is 3.83. The fourth-order valence-electron chi connectivity index (χ4n) is 3.02. The van der Waals surface area contributed by atoms with Crippen molar-refractivity contribution in [2.75, 3.05) is 6.61 Å². The van der Waals surface area contributed by atoms with E-state index in [0.29, 0.717) is 33.2 Å². The van der Waals surface area contributed by atoms with Crippen LogP contribution in [0.15, 0.2) is 71.4 Å². The average Bonchev–Trinajstić information content (AvgIpc) is 3.17. The number of halogens is 1. The quantitative estimate of drug-likeness (QED) is 0.462. The average molecular weight is 408 g/mol. The Balaban J connectivity index is 1.63. The van der Waals surface area contributed by atoms with Crippen LogP contribution in [0.3, 0.4) is 0 Å². The molecule has 0 spiro atoms. The second-order valence-electron chi connectivity index (χ2n) is 6.28. The fraction of sp³-hybridized carbons (Fsp3) is 0.0455. The molecule has 4 rings (SSSR count). The number of nitrogens with zero attached hydrogens (tertiary/aromatic N) is 1. The minimum absolute atomic E-state index is 0.138. The summed E-state index contributed by atoms with van der Waals surface area (Å²) in [6.07, 6.45) is 1.45. The second kappa shape index (κ2) is 7.77. The smallest absolute Gasteiger partial charge is 0.341 e. The van der Waals surface area contributed by atoms with Crippen LogP contribution in [-0.4, -0.2) is 28.6 Å². The maximum absolute atomic E-state index is 12.9. The van der Waals surface area contributed by atoms with Crippen molar-refractivity contribution in [2.24, 2.45) is 0 Å². The van der Waals surface area contributed by atoms with Crippen LogP contribution in [0.1, 0.15) is 15.9 Å². The van der Waals surface area contributed by atoms with Gasteiger partial charge in [0.15, 0.2) is 12.4 Å². The number of rotatable bonds is 6. The van der Waals surface area contributed by atoms with E-state index >= 15 is 0 Å². The number of ether oxygens (including phenoxy) is 1. The molecule has 0 radical (unpaired) electrons. The molecule has 7 heteroatoms. The number of carbonyl (C=O) groups is 2. The number of ketones is 1. The minimum atomic E-state index is -1.05. The molecule has 0 amide bonds. The van der Waals surface area contributed by atoms with Crippen molar-refractivity contribution in [1.82, 2.24) is 5.16 Å². The molecular formula is C22H14ClNO5. The van der Waals surface area contributed by atoms with Crippen LogP contribution in [0, 0.1) is 0 Å². The predicted octanol–water partition coefficient (Wildman–Crippen LogP) is 4.79. The zero-order valence-corrected chi connectivity index (χ0v) is 15.7. The molecule has 2 aromatic carbocycles. The Bertz CT molecular complexity index is 1150. The highest BCUT2D eigenvalue weighted by Gasteiger charge is 2.22. The number of aromatic nitrogens is 1. The van der Waals surface area contributed by atoms with Gasteiger partial charge in [0, 0.05) is 32.8 Å². The van der Waals surface area contributed by atoms with Gasteiger partial charge in [0.2, 0.25) is 0 Å². The van der Waals surface area contributed by atoms with Crippen LogP contribution in [0.25, 0.3) is 22.4 Å². The highest BCUT2D eigenvalue weighted by Crippen LogP contribution is 2.37. The van der Waals surface area contributed by atoms with E-state index in [1.807, 2.05) is 6.07 Å². The Hall–Kier alpha value is -3.64. The molecule has 0 unspecified atom stereocenters. The fourth-order valence-corrected chi connectivity index (χ4v) is 3.15. The topological polar surface area (TPSA) is 89.6 Å². The number of hydrogen-bond acceptors (Lipinski definition) is 5. The third-order valence-corrected chi connectivity index (χ3v) is 4.66. The lowest BCUT2D eigenvalue weighted by Gasteiger charge is -2.09. The molecule has 0 saturated heterocycles. The van der Waals surface area contributed by atoms with Gasteiger partial charge in [0.1, 0.15) is 17.7 Å². The van der Waals surface area contributed by atoms with Crippen LogP contribution < -0.4 is 4.74 Å². The molecule has 0 bridgehead atoms. The van der Waals surface area contributed by atoms with Gasteiger partial charge in [-0.05, 0) is 54.6 Å². The lowest BCUT2D eigenvalue weighted by molar-refractivity contribution is -0.139. The summed E-state index contributed by atoms with van der Waals surface area (Å²) < 4.78 is 10.4. The van der Waals surface area contributed by atoms with Crippen molar-refractivity contribution < 1.29 is 24.0 Å². The van der Waals surface area contributed by atoms with Crippen molar-refractivity contribution in [1.29, 1.82) is 0 Å². The number of carbonyl (C=O) groups excluding carboxylic acids is 1. The van der Waals surface area contributed by atoms with E-state index in [0.717, 1.165) is 11.1 Å². The SMILES string of the molecule is O=C(O)COc1ccc(-c2nocc3c(C(=O)c4ccc(Cl)cc4)ccc2-3)cc1. The van der Waals surface area contributed by atoms with E-state index in [9.17, 15) is 9.59 Å². The summed E-state index contributed by atoms with van der Waals surface area (Å²) in [5, 5.41) is 13.3. The Kier molecular flexibility index (Phi) is 5.01. The first-order chi connectivity index (χ1) is 14.0. The molecule has 0 fully saturated rings. The van der Waals surface area contributed by atoms with Gasteiger partial charge < -0.3 is 14.4 Å². The molecule has 1 heterocycles. The monoisotopic (exact) mass is 407 g/mol. The zero-order valence-electron chi connectivity index (χ0n) is 15.0. The van der Waals surface area contributed by atoms with E-state index < -0.39 is 12.6 Å². The first kappa shape index (κ1) is 18.7. The molecule has 0 atom stereocenters. The van der Waals surface area contributed by atoms with E-state index in [1.165, 1.54) is 6.26 Å². The van der Waals surface area contributed by atoms with Gasteiger partial charge in [-0.1, -0.05) is 22.8 Å². The summed E-state index contributed by atoms with van der Waals surface area (Å²) in [5.41, 5.74) is 3.78. The van der Waals surface area contributed by atoms with E-state index in [4.69, 9.17) is 26.0 Å². The lowest BCUT2D eigenvalue weighted by Crippen LogP contribution is -2.09. The van der Waals surface area contributed by atoms with Gasteiger partial charge in [-0.15, -0.1) is 0 Å². The van der Waals surface area contributed by atoms with Crippen LogP contribution in [0.5, 0.6) is 5.75 Å². The third-order valence-electron chi connectivity index (χ3n) is 4.41. The molecule has 6 nitrogen and oxygen atoms in total. The maximum atomic E-state index is 12.9. The normalized spacial score (nSPS) is 10.8. The first-order valence-electron chi connectivity index (χ1n) is 8.65. The van der Waals surface area contributed by atoms with Gasteiger partial charge in [-0.2, -0.15) is 0 Å². The standard InChI is InChI=1S/C22H14ClNO5/c23-15-5-1-14(2-6-15)22(27)18-10-9-17-19(18)11-29-24-21(17)13-3-7-16(8-4-13)28-12-20(25)26/h1-11H,12H2,(H,25,26). The number of aliphatic carboxylic acids is 1. The van der Waals surface area contributed by atoms with Gasteiger partial charge in [0.25, 0.3) is 0 Å². The molecule has 29 heavy (non-hydrogen) atoms. The van der Waals surface area contributed by atoms with E-state index in [2.05, 4.69) is 5.16 Å². The van der Waals surface area contributed by atoms with Crippen molar-refractivity contribution >= 4 is 23.4 Å². The molecular weight excluding hydrogens is 394 g/mol. The Labute approximate surface area is 170 Å². The largest absolute Gasteiger partial charge is 0.482 e. The zero-order chi connectivity index (χ0) is 20.4. The number of carboxylic acids is 1. The summed E-state index contributed by atoms with van der Waals surface area (Å²) in [7, 11) is 0. The molecule has 0 aromatic heterocycles. The predicted molar refractivity (Wildman–Crippen MR) is 107 cm³/mol. The highest BCUT2D eigenvalue weighted by atomic mass is 35.5. The summed E-state index contributed by atoms with van der Waals surface area (Å²) >= 11 is 5.90. The molecule has 2 aromatic rings. The van der Waals surface area contributed by atoms with E-state index in [1.54, 1.807) is 54.6 Å². The molecule has 2 aliphatic rings. The van der Waals surface area contributed by atoms with Gasteiger partial charge in [0.05, 0.1) is 0 Å². The van der Waals surface area contributed by atoms with Crippen molar-refractivity contribution in [3.63, 3.8) is 0 Å². The summed E-state index contributed by atoms with van der Waals surface area (Å²) in [4.78, 5) is 23.5. The molecule has 0 saturated carbocycles. The van der Waals surface area contributed by atoms with Crippen molar-refractivity contribution in [3.8, 4) is 28.1 Å². The lowest BCUT2D eigenvalue weighted by atomic mass is 9.99. The van der Waals surface area contributed by atoms with Crippen molar-refractivity contribution in [3.05, 3.63) is 83.1 Å². The van der Waals surface area contributed by atoms with Crippen LogP contribution in [0.2, 0.25) is 5.02 Å². The summed E-state index contributed by atoms with van der Waals surface area (Å²) in [6.45, 7) is -0.415. The number of benzene rings is 2. The van der Waals surface area contributed by atoms with Gasteiger partial charge in [-0.3, -0.25) is 4.79 Å². The maximum Gasteiger partial charge on any atom is 0.341 e. The van der Waals surface area contributed by atoms with E-state index in [-0.39, 0.29) is 5.78 Å². The van der Waals surface area contributed by atoms with Crippen LogP contribution in [-0.2, 0) is 4.79 Å². The number of carboxylic acid groups (broad SMARTS) is 1. The van der Waals surface area contributed by atoms with Gasteiger partial charge >= 0.3 is 5.97 Å². The molecule has 1 aliphatic carbocycles. The molecule has 1 N–H and O–H groups in total. The Morgan fingerprint density at radius 1 is 0.966 bits per heavy atom. The Morgan fingerprint density at radius 3 is 2.38 bits per heavy atom. The number of fused-ring (bicyclic) bond motifs is 1. The Morgan fingerprint density at radius 2 is 1.69 bits per heavy atom. The van der Waals surface area contributed by atoms with Crippen LogP contribution >= 0.6 is 11.6 Å². The van der Waals surface area contributed by atoms with Gasteiger partial charge in [-0.25, -0.2) is 4.79 Å². The summed E-state index contributed by atoms with van der Waals surface area (Å²) in [5.74, 6) is -0.753. The highest BCUT2D eigenvalue weighted by molar-refractivity contribution is 6.30. The minimum Gasteiger partial charge on any atom is -0.482 e. The van der Waals surface area contributed by atoms with Crippen molar-refractivity contribution in [2.45, 2.75) is 0 Å². The number of hydrogen-bond donors (Lipinski definition) is 1. The van der Waals surface area contributed by atoms with Crippen LogP contribution in [0.4, 0.5) is 0 Å². The second-order valence-corrected chi connectivity index (χ2v) is 6.72.